The smallest absolute Gasteiger partial charge is 0.119 e. The molecule has 272 valence electrons. The van der Waals surface area contributed by atoms with E-state index in [1.165, 1.54) is 0 Å². The zero-order valence-electron chi connectivity index (χ0n) is 33.2. The average molecular weight is 717 g/mol. The van der Waals surface area contributed by atoms with E-state index in [9.17, 15) is 20.4 Å². The molecule has 0 bridgehead atoms. The minimum absolute atomic E-state index is 0.117. The molecule has 0 aliphatic carbocycles. The van der Waals surface area contributed by atoms with Gasteiger partial charge in [-0.3, -0.25) is 0 Å². The van der Waals surface area contributed by atoms with Crippen LogP contribution in [0.2, 0.25) is 0 Å². The Kier molecular flexibility index (Phi) is 12.2. The van der Waals surface area contributed by atoms with Gasteiger partial charge >= 0.3 is 0 Å². The van der Waals surface area contributed by atoms with Crippen LogP contribution in [-0.2, 0) is 21.7 Å². The lowest BCUT2D eigenvalue weighted by molar-refractivity contribution is 0.444. The summed E-state index contributed by atoms with van der Waals surface area (Å²) in [6.45, 7) is 33.4. The van der Waals surface area contributed by atoms with Crippen LogP contribution in [0, 0.1) is 27.7 Å². The van der Waals surface area contributed by atoms with Crippen molar-refractivity contribution in [2.45, 2.75) is 152 Å². The number of benzene rings is 4. The van der Waals surface area contributed by atoms with Crippen LogP contribution < -0.4 is 0 Å². The van der Waals surface area contributed by atoms with Gasteiger partial charge in [-0.05, 0) is 120 Å². The summed E-state index contributed by atoms with van der Waals surface area (Å²) in [6, 6.07) is 15.8. The first-order valence-electron chi connectivity index (χ1n) is 17.3. The van der Waals surface area contributed by atoms with Crippen molar-refractivity contribution in [2.24, 2.45) is 0 Å². The fourth-order valence-corrected chi connectivity index (χ4v) is 7.83. The van der Waals surface area contributed by atoms with E-state index in [-0.39, 0.29) is 21.7 Å². The van der Waals surface area contributed by atoms with Crippen molar-refractivity contribution in [2.75, 3.05) is 0 Å². The van der Waals surface area contributed by atoms with Crippen molar-refractivity contribution < 1.29 is 20.4 Å². The highest BCUT2D eigenvalue weighted by Crippen LogP contribution is 2.44. The Labute approximate surface area is 310 Å². The summed E-state index contributed by atoms with van der Waals surface area (Å²) in [5.74, 6) is 1.42. The number of rotatable bonds is 4. The molecule has 0 aliphatic heterocycles. The van der Waals surface area contributed by atoms with Crippen LogP contribution in [0.15, 0.2) is 68.1 Å². The van der Waals surface area contributed by atoms with Gasteiger partial charge in [-0.25, -0.2) is 0 Å². The van der Waals surface area contributed by atoms with Gasteiger partial charge in [-0.1, -0.05) is 107 Å². The number of phenols is 4. The molecule has 0 aromatic heterocycles. The molecule has 50 heavy (non-hydrogen) atoms. The molecule has 4 N–H and O–H groups in total. The third-order valence-corrected chi connectivity index (χ3v) is 11.5. The molecule has 4 aromatic rings. The minimum atomic E-state index is -0.117. The molecule has 0 aliphatic rings. The van der Waals surface area contributed by atoms with Gasteiger partial charge in [-0.2, -0.15) is 0 Å². The van der Waals surface area contributed by atoms with E-state index in [2.05, 4.69) is 107 Å². The van der Waals surface area contributed by atoms with Gasteiger partial charge in [0.2, 0.25) is 0 Å². The van der Waals surface area contributed by atoms with Crippen molar-refractivity contribution in [1.82, 2.24) is 0 Å². The van der Waals surface area contributed by atoms with E-state index in [1.54, 1.807) is 23.5 Å². The zero-order chi connectivity index (χ0) is 38.3. The monoisotopic (exact) mass is 716 g/mol. The summed E-state index contributed by atoms with van der Waals surface area (Å²) in [5, 5.41) is 41.3. The highest BCUT2D eigenvalue weighted by atomic mass is 32.2. The first-order valence-corrected chi connectivity index (χ1v) is 19.0. The largest absolute Gasteiger partial charge is 0.508 e. The van der Waals surface area contributed by atoms with E-state index >= 15 is 0 Å². The second kappa shape index (κ2) is 14.8. The molecule has 4 aromatic carbocycles. The maximum absolute atomic E-state index is 10.3. The topological polar surface area (TPSA) is 80.9 Å². The molecule has 0 radical (unpaired) electrons. The highest BCUT2D eigenvalue weighted by molar-refractivity contribution is 7.99. The lowest BCUT2D eigenvalue weighted by atomic mass is 9.86. The number of hydrogen-bond donors (Lipinski definition) is 4. The second-order valence-corrected chi connectivity index (χ2v) is 19.9. The molecule has 0 saturated carbocycles. The predicted molar refractivity (Wildman–Crippen MR) is 214 cm³/mol. The molecular formula is C44H60O4S2. The van der Waals surface area contributed by atoms with Gasteiger partial charge in [-0.15, -0.1) is 0 Å². The van der Waals surface area contributed by atoms with Gasteiger partial charge in [0.25, 0.3) is 0 Å². The van der Waals surface area contributed by atoms with Gasteiger partial charge in [0.1, 0.15) is 23.0 Å². The number of phenolic OH excluding ortho intramolecular Hbond substituents is 4. The summed E-state index contributed by atoms with van der Waals surface area (Å²) in [4.78, 5) is 4.54. The summed E-state index contributed by atoms with van der Waals surface area (Å²) in [5.41, 5.74) is 7.56. The third-order valence-electron chi connectivity index (χ3n) is 8.84. The summed E-state index contributed by atoms with van der Waals surface area (Å²) >= 11 is 3.39. The number of hydrogen-bond acceptors (Lipinski definition) is 6. The summed E-state index contributed by atoms with van der Waals surface area (Å²) in [7, 11) is 0. The van der Waals surface area contributed by atoms with E-state index < -0.39 is 0 Å². The van der Waals surface area contributed by atoms with Crippen LogP contribution in [0.3, 0.4) is 0 Å². The number of aryl methyl sites for hydroxylation is 4. The van der Waals surface area contributed by atoms with Crippen LogP contribution in [-0.4, -0.2) is 20.4 Å². The Balaban J connectivity index is 0.000000270. The van der Waals surface area contributed by atoms with Crippen molar-refractivity contribution in [3.05, 3.63) is 93.0 Å². The second-order valence-electron chi connectivity index (χ2n) is 17.7. The summed E-state index contributed by atoms with van der Waals surface area (Å²) < 4.78 is 0. The SMILES string of the molecule is Cc1cc(O)c(C(C)(C)C)cc1Sc1cc(C(C)(C)C)c(O)cc1C.Cc1cc(O)c(C(C)(C)C)cc1Sc1cc(C(C)(C)C)c(O)cc1C. The Hall–Kier alpha value is -3.22. The van der Waals surface area contributed by atoms with E-state index in [0.717, 1.165) is 64.1 Å². The fraction of sp³-hybridized carbons (Fsp3) is 0.455. The Morgan fingerprint density at radius 3 is 0.620 bits per heavy atom. The standard InChI is InChI=1S/2C22H30O2S/c2*1-13-9-17(23)15(21(3,4)5)11-19(13)25-20-12-16(22(6,7)8)18(24)10-14(20)2/h2*9-12,23-24H,1-8H3. The van der Waals surface area contributed by atoms with E-state index in [0.29, 0.717) is 23.0 Å². The Morgan fingerprint density at radius 2 is 0.480 bits per heavy atom. The molecule has 0 spiro atoms. The van der Waals surface area contributed by atoms with Crippen molar-refractivity contribution in [3.8, 4) is 23.0 Å². The highest BCUT2D eigenvalue weighted by Gasteiger charge is 2.24. The average Bonchev–Trinajstić information content (AvgIpc) is 2.91. The fourth-order valence-electron chi connectivity index (χ4n) is 5.77. The molecule has 0 saturated heterocycles. The molecule has 0 heterocycles. The molecule has 4 nitrogen and oxygen atoms in total. The molecule has 0 amide bonds. The molecule has 4 rings (SSSR count). The maximum Gasteiger partial charge on any atom is 0.119 e. The van der Waals surface area contributed by atoms with Crippen molar-refractivity contribution in [1.29, 1.82) is 0 Å². The molecule has 0 atom stereocenters. The number of aromatic hydroxyl groups is 4. The molecule has 0 fully saturated rings. The van der Waals surface area contributed by atoms with Gasteiger partial charge in [0.15, 0.2) is 0 Å². The van der Waals surface area contributed by atoms with Crippen LogP contribution in [0.25, 0.3) is 0 Å². The third kappa shape index (κ3) is 9.97. The predicted octanol–water partition coefficient (Wildman–Crippen LogP) is 12.9. The lowest BCUT2D eigenvalue weighted by Crippen LogP contribution is -2.12. The van der Waals surface area contributed by atoms with Crippen LogP contribution in [0.1, 0.15) is 128 Å². The van der Waals surface area contributed by atoms with Crippen molar-refractivity contribution >= 4 is 23.5 Å². The van der Waals surface area contributed by atoms with Crippen LogP contribution in [0.5, 0.6) is 23.0 Å². The summed E-state index contributed by atoms with van der Waals surface area (Å²) in [6.07, 6.45) is 0. The zero-order valence-corrected chi connectivity index (χ0v) is 34.9. The van der Waals surface area contributed by atoms with Gasteiger partial charge < -0.3 is 20.4 Å². The van der Waals surface area contributed by atoms with Gasteiger partial charge in [0.05, 0.1) is 0 Å². The van der Waals surface area contributed by atoms with E-state index in [1.807, 2.05) is 52.0 Å². The minimum Gasteiger partial charge on any atom is -0.508 e. The normalized spacial score (nSPS) is 12.5. The van der Waals surface area contributed by atoms with Crippen LogP contribution in [0.4, 0.5) is 0 Å². The maximum atomic E-state index is 10.3. The Bertz CT molecular complexity index is 1590. The molecule has 6 heteroatoms. The quantitative estimate of drug-likeness (QED) is 0.168. The first kappa shape index (κ1) is 41.2. The van der Waals surface area contributed by atoms with Crippen molar-refractivity contribution in [3.63, 3.8) is 0 Å². The Morgan fingerprint density at radius 1 is 0.320 bits per heavy atom. The van der Waals surface area contributed by atoms with E-state index in [4.69, 9.17) is 0 Å². The van der Waals surface area contributed by atoms with Crippen LogP contribution >= 0.6 is 23.5 Å². The molecular weight excluding hydrogens is 657 g/mol. The molecule has 0 unspecified atom stereocenters. The lowest BCUT2D eigenvalue weighted by Gasteiger charge is -2.24. The van der Waals surface area contributed by atoms with Gasteiger partial charge in [0, 0.05) is 41.8 Å². The first-order chi connectivity index (χ1) is 22.6.